The summed E-state index contributed by atoms with van der Waals surface area (Å²) in [5.41, 5.74) is 2.79. The molecule has 8 heteroatoms. The fraction of sp³-hybridized carbons (Fsp3) is 0.0476. The van der Waals surface area contributed by atoms with E-state index in [1.165, 1.54) is 0 Å². The minimum Gasteiger partial charge on any atom is -0.454 e. The first-order chi connectivity index (χ1) is 14.1. The fourth-order valence-electron chi connectivity index (χ4n) is 3.01. The predicted octanol–water partition coefficient (Wildman–Crippen LogP) is 5.78. The monoisotopic (exact) mass is 426 g/mol. The van der Waals surface area contributed by atoms with Crippen molar-refractivity contribution in [1.29, 1.82) is 0 Å². The van der Waals surface area contributed by atoms with Crippen molar-refractivity contribution >= 4 is 45.9 Å². The number of hydrogen-bond donors (Lipinski definition) is 1. The Morgan fingerprint density at radius 3 is 2.72 bits per heavy atom. The van der Waals surface area contributed by atoms with Gasteiger partial charge in [0.25, 0.3) is 5.91 Å². The van der Waals surface area contributed by atoms with Crippen molar-refractivity contribution in [1.82, 2.24) is 4.98 Å². The van der Waals surface area contributed by atoms with Gasteiger partial charge in [-0.1, -0.05) is 23.2 Å². The summed E-state index contributed by atoms with van der Waals surface area (Å²) in [4.78, 5) is 17.1. The highest BCUT2D eigenvalue weighted by molar-refractivity contribution is 6.34. The number of nitrogens with zero attached hydrogens (tertiary/aromatic N) is 1. The molecule has 29 heavy (non-hydrogen) atoms. The summed E-state index contributed by atoms with van der Waals surface area (Å²) in [6.07, 6.45) is 0. The maximum atomic E-state index is 12.7. The minimum atomic E-state index is -0.327. The Kier molecular flexibility index (Phi) is 4.30. The number of fused-ring (bicyclic) bond motifs is 2. The smallest absolute Gasteiger partial charge is 0.255 e. The van der Waals surface area contributed by atoms with Gasteiger partial charge < -0.3 is 19.2 Å². The van der Waals surface area contributed by atoms with Crippen molar-refractivity contribution in [2.75, 3.05) is 12.1 Å². The largest absolute Gasteiger partial charge is 0.454 e. The van der Waals surface area contributed by atoms with E-state index in [1.54, 1.807) is 54.6 Å². The molecular weight excluding hydrogens is 415 g/mol. The summed E-state index contributed by atoms with van der Waals surface area (Å²) in [7, 11) is 0. The van der Waals surface area contributed by atoms with Crippen molar-refractivity contribution in [3.63, 3.8) is 0 Å². The number of halogens is 2. The normalized spacial score (nSPS) is 12.3. The molecule has 3 aromatic carbocycles. The molecular formula is C21H12Cl2N2O4. The molecule has 0 radical (unpaired) electrons. The second kappa shape index (κ2) is 6.99. The van der Waals surface area contributed by atoms with Gasteiger partial charge in [-0.05, 0) is 54.6 Å². The maximum Gasteiger partial charge on any atom is 0.255 e. The van der Waals surface area contributed by atoms with Crippen molar-refractivity contribution in [2.24, 2.45) is 0 Å². The molecule has 5 rings (SSSR count). The van der Waals surface area contributed by atoms with Crippen LogP contribution in [0.15, 0.2) is 59.0 Å². The van der Waals surface area contributed by atoms with E-state index in [-0.39, 0.29) is 12.7 Å². The summed E-state index contributed by atoms with van der Waals surface area (Å²) >= 11 is 12.3. The van der Waals surface area contributed by atoms with Gasteiger partial charge in [0.05, 0.1) is 10.7 Å². The van der Waals surface area contributed by atoms with Gasteiger partial charge in [0, 0.05) is 16.1 Å². The Hall–Kier alpha value is -3.22. The van der Waals surface area contributed by atoms with Crippen LogP contribution in [0.3, 0.4) is 0 Å². The summed E-state index contributed by atoms with van der Waals surface area (Å²) in [5.74, 6) is 1.21. The van der Waals surface area contributed by atoms with Crippen LogP contribution in [0.25, 0.3) is 22.6 Å². The average Bonchev–Trinajstić information content (AvgIpc) is 3.35. The van der Waals surface area contributed by atoms with Crippen LogP contribution in [0, 0.1) is 0 Å². The van der Waals surface area contributed by atoms with E-state index in [2.05, 4.69) is 10.3 Å². The lowest BCUT2D eigenvalue weighted by molar-refractivity contribution is 0.102. The van der Waals surface area contributed by atoms with Crippen molar-refractivity contribution in [3.05, 3.63) is 70.2 Å². The third-order valence-electron chi connectivity index (χ3n) is 4.45. The molecule has 144 valence electrons. The number of nitrogens with one attached hydrogen (secondary N) is 1. The van der Waals surface area contributed by atoms with E-state index < -0.39 is 0 Å². The second-order valence-electron chi connectivity index (χ2n) is 6.35. The third kappa shape index (κ3) is 3.37. The Morgan fingerprint density at radius 1 is 0.966 bits per heavy atom. The van der Waals surface area contributed by atoms with E-state index >= 15 is 0 Å². The molecule has 0 atom stereocenters. The highest BCUT2D eigenvalue weighted by Gasteiger charge is 2.18. The summed E-state index contributed by atoms with van der Waals surface area (Å²) in [5, 5.41) is 3.78. The van der Waals surface area contributed by atoms with Crippen LogP contribution in [0.4, 0.5) is 5.69 Å². The van der Waals surface area contributed by atoms with Crippen LogP contribution in [0.2, 0.25) is 10.0 Å². The van der Waals surface area contributed by atoms with Gasteiger partial charge in [0.15, 0.2) is 17.1 Å². The standard InChI is InChI=1S/C21H12Cl2N2O4/c22-13-3-6-17-16(9-13)25-21(29-17)12-1-4-14(23)15(7-12)24-20(26)11-2-5-18-19(8-11)28-10-27-18/h1-9H,10H2,(H,24,26). The molecule has 4 aromatic rings. The van der Waals surface area contributed by atoms with Crippen LogP contribution >= 0.6 is 23.2 Å². The molecule has 6 nitrogen and oxygen atoms in total. The Labute approximate surface area is 175 Å². The number of amides is 1. The zero-order valence-electron chi connectivity index (χ0n) is 14.7. The van der Waals surface area contributed by atoms with Crippen molar-refractivity contribution < 1.29 is 18.7 Å². The van der Waals surface area contributed by atoms with E-state index in [0.717, 1.165) is 0 Å². The topological polar surface area (TPSA) is 73.6 Å². The molecule has 2 heterocycles. The van der Waals surface area contributed by atoms with Gasteiger partial charge in [-0.3, -0.25) is 4.79 Å². The first-order valence-electron chi connectivity index (χ1n) is 8.64. The molecule has 1 aliphatic rings. The van der Waals surface area contributed by atoms with Gasteiger partial charge in [-0.25, -0.2) is 4.98 Å². The zero-order chi connectivity index (χ0) is 20.0. The van der Waals surface area contributed by atoms with Crippen LogP contribution in [0.1, 0.15) is 10.4 Å². The number of benzene rings is 3. The van der Waals surface area contributed by atoms with Gasteiger partial charge >= 0.3 is 0 Å². The van der Waals surface area contributed by atoms with Crippen LogP contribution < -0.4 is 14.8 Å². The summed E-state index contributed by atoms with van der Waals surface area (Å²) < 4.78 is 16.4. The number of rotatable bonds is 3. The number of carbonyl (C=O) groups is 1. The minimum absolute atomic E-state index is 0.143. The molecule has 0 aliphatic carbocycles. The van der Waals surface area contributed by atoms with Crippen LogP contribution in [-0.4, -0.2) is 17.7 Å². The molecule has 1 N–H and O–H groups in total. The molecule has 0 fully saturated rings. The van der Waals surface area contributed by atoms with E-state index in [0.29, 0.717) is 55.3 Å². The molecule has 0 spiro atoms. The summed E-state index contributed by atoms with van der Waals surface area (Å²) in [6, 6.07) is 15.3. The van der Waals surface area contributed by atoms with E-state index in [4.69, 9.17) is 37.1 Å². The average molecular weight is 427 g/mol. The Morgan fingerprint density at radius 2 is 1.83 bits per heavy atom. The SMILES string of the molecule is O=C(Nc1cc(-c2nc3cc(Cl)ccc3o2)ccc1Cl)c1ccc2c(c1)OCO2. The highest BCUT2D eigenvalue weighted by atomic mass is 35.5. The van der Waals surface area contributed by atoms with Gasteiger partial charge in [0.1, 0.15) is 5.52 Å². The maximum absolute atomic E-state index is 12.7. The van der Waals surface area contributed by atoms with Crippen molar-refractivity contribution in [3.8, 4) is 23.0 Å². The number of aromatic nitrogens is 1. The number of oxazole rings is 1. The number of carbonyl (C=O) groups excluding carboxylic acids is 1. The molecule has 0 unspecified atom stereocenters. The number of hydrogen-bond acceptors (Lipinski definition) is 5. The fourth-order valence-corrected chi connectivity index (χ4v) is 3.34. The second-order valence-corrected chi connectivity index (χ2v) is 7.19. The van der Waals surface area contributed by atoms with E-state index in [9.17, 15) is 4.79 Å². The lowest BCUT2D eigenvalue weighted by Crippen LogP contribution is -2.12. The molecule has 0 bridgehead atoms. The van der Waals surface area contributed by atoms with Gasteiger partial charge in [-0.2, -0.15) is 0 Å². The van der Waals surface area contributed by atoms with E-state index in [1.807, 2.05) is 0 Å². The third-order valence-corrected chi connectivity index (χ3v) is 5.01. The predicted molar refractivity (Wildman–Crippen MR) is 110 cm³/mol. The summed E-state index contributed by atoms with van der Waals surface area (Å²) in [6.45, 7) is 0.143. The van der Waals surface area contributed by atoms with Crippen LogP contribution in [0.5, 0.6) is 11.5 Å². The highest BCUT2D eigenvalue weighted by Crippen LogP contribution is 2.34. The Balaban J connectivity index is 1.45. The molecule has 1 aromatic heterocycles. The molecule has 1 amide bonds. The number of ether oxygens (including phenoxy) is 2. The van der Waals surface area contributed by atoms with Gasteiger partial charge in [-0.15, -0.1) is 0 Å². The molecule has 1 aliphatic heterocycles. The first-order valence-corrected chi connectivity index (χ1v) is 9.39. The first kappa shape index (κ1) is 17.8. The number of anilines is 1. The van der Waals surface area contributed by atoms with Crippen LogP contribution in [-0.2, 0) is 0 Å². The Bertz CT molecular complexity index is 1270. The molecule has 0 saturated carbocycles. The van der Waals surface area contributed by atoms with Gasteiger partial charge in [0.2, 0.25) is 12.7 Å². The lowest BCUT2D eigenvalue weighted by atomic mass is 10.1. The molecule has 0 saturated heterocycles. The quantitative estimate of drug-likeness (QED) is 0.449. The lowest BCUT2D eigenvalue weighted by Gasteiger charge is -2.09. The zero-order valence-corrected chi connectivity index (χ0v) is 16.3. The van der Waals surface area contributed by atoms with Crippen molar-refractivity contribution in [2.45, 2.75) is 0 Å².